The molecule has 0 saturated carbocycles. The summed E-state index contributed by atoms with van der Waals surface area (Å²) in [6.07, 6.45) is 13.5. The maximum atomic E-state index is 12.5. The molecule has 0 radical (unpaired) electrons. The van der Waals surface area contributed by atoms with Crippen molar-refractivity contribution in [2.45, 2.75) is 89.9 Å². The van der Waals surface area contributed by atoms with Crippen molar-refractivity contribution in [2.24, 2.45) is 0 Å². The van der Waals surface area contributed by atoms with Gasteiger partial charge < -0.3 is 20.6 Å². The number of fused-ring (bicyclic) bond motifs is 6. The predicted molar refractivity (Wildman–Crippen MR) is 164 cm³/mol. The fraction of sp³-hybridized carbons (Fsp3) is 0.471. The lowest BCUT2D eigenvalue weighted by Crippen LogP contribution is -2.26. The lowest BCUT2D eigenvalue weighted by atomic mass is 10.0. The second-order valence-corrected chi connectivity index (χ2v) is 11.3. The quantitative estimate of drug-likeness (QED) is 0.201. The molecule has 3 heterocycles. The number of aromatic amines is 2. The molecule has 2 aromatic carbocycles. The molecular formula is C34H44N4O2. The maximum Gasteiger partial charge on any atom is 0.220 e. The standard InChI is InChI=1S/C34H44N4O2/c39-33-19-11-12-20-34(40)36-24-22-28-26-14-8-10-18-30(26)38-32(28)16-6-4-2-1-3-5-15-31-27(21-23-35-33)25-13-7-9-17-29(25)37-31/h7-10,13-14,17-18,37-38H,1-6,11-12,15-16,19-24H2,(H,35,39)(H,36,40). The van der Waals surface area contributed by atoms with Gasteiger partial charge in [-0.05, 0) is 74.6 Å². The van der Waals surface area contributed by atoms with E-state index in [1.54, 1.807) is 0 Å². The highest BCUT2D eigenvalue weighted by Gasteiger charge is 2.14. The molecule has 5 rings (SSSR count). The Labute approximate surface area is 237 Å². The van der Waals surface area contributed by atoms with E-state index in [9.17, 15) is 9.59 Å². The number of hydrogen-bond donors (Lipinski definition) is 4. The molecule has 6 heteroatoms. The smallest absolute Gasteiger partial charge is 0.220 e. The third-order valence-corrected chi connectivity index (χ3v) is 8.36. The van der Waals surface area contributed by atoms with Crippen molar-refractivity contribution in [2.75, 3.05) is 13.1 Å². The number of nitrogens with one attached hydrogen (secondary N) is 4. The Kier molecular flexibility index (Phi) is 9.94. The van der Waals surface area contributed by atoms with Gasteiger partial charge >= 0.3 is 0 Å². The van der Waals surface area contributed by atoms with Gasteiger partial charge in [0.2, 0.25) is 11.8 Å². The molecule has 0 spiro atoms. The van der Waals surface area contributed by atoms with Gasteiger partial charge in [-0.3, -0.25) is 9.59 Å². The minimum atomic E-state index is 0.0723. The van der Waals surface area contributed by atoms with Gasteiger partial charge in [0.1, 0.15) is 0 Å². The number of aryl methyl sites for hydroxylation is 2. The van der Waals surface area contributed by atoms with E-state index in [0.717, 1.165) is 38.5 Å². The summed E-state index contributed by atoms with van der Waals surface area (Å²) in [5.41, 5.74) is 7.70. The van der Waals surface area contributed by atoms with E-state index >= 15 is 0 Å². The first kappa shape index (κ1) is 28.0. The highest BCUT2D eigenvalue weighted by atomic mass is 16.2. The van der Waals surface area contributed by atoms with Gasteiger partial charge in [-0.25, -0.2) is 0 Å². The number of amides is 2. The van der Waals surface area contributed by atoms with Crippen LogP contribution in [0.3, 0.4) is 0 Å². The van der Waals surface area contributed by atoms with Crippen LogP contribution in [0, 0.1) is 0 Å². The Balaban J connectivity index is 1.23. The highest BCUT2D eigenvalue weighted by molar-refractivity contribution is 5.85. The normalized spacial score (nSPS) is 17.9. The highest BCUT2D eigenvalue weighted by Crippen LogP contribution is 2.26. The Morgan fingerprint density at radius 1 is 0.450 bits per heavy atom. The molecule has 0 saturated heterocycles. The van der Waals surface area contributed by atoms with Crippen molar-refractivity contribution in [1.82, 2.24) is 20.6 Å². The minimum Gasteiger partial charge on any atom is -0.358 e. The third-order valence-electron chi connectivity index (χ3n) is 8.36. The predicted octanol–water partition coefficient (Wildman–Crippen LogP) is 6.67. The minimum absolute atomic E-state index is 0.0723. The van der Waals surface area contributed by atoms with Crippen LogP contribution in [0.15, 0.2) is 48.5 Å². The average molecular weight is 541 g/mol. The molecule has 1 aliphatic rings. The van der Waals surface area contributed by atoms with Gasteiger partial charge in [0.15, 0.2) is 0 Å². The molecule has 4 aromatic rings. The fourth-order valence-corrected chi connectivity index (χ4v) is 6.22. The van der Waals surface area contributed by atoms with Gasteiger partial charge in [0.05, 0.1) is 0 Å². The molecule has 0 atom stereocenters. The van der Waals surface area contributed by atoms with Crippen molar-refractivity contribution in [3.8, 4) is 0 Å². The maximum absolute atomic E-state index is 12.5. The van der Waals surface area contributed by atoms with Crippen LogP contribution in [0.5, 0.6) is 0 Å². The van der Waals surface area contributed by atoms with Crippen LogP contribution < -0.4 is 10.6 Å². The number of H-pyrrole nitrogens is 2. The van der Waals surface area contributed by atoms with E-state index < -0.39 is 0 Å². The molecule has 6 nitrogen and oxygen atoms in total. The van der Waals surface area contributed by atoms with Crippen molar-refractivity contribution in [1.29, 1.82) is 0 Å². The largest absolute Gasteiger partial charge is 0.358 e. The van der Waals surface area contributed by atoms with Crippen LogP contribution in [-0.2, 0) is 35.3 Å². The molecule has 0 fully saturated rings. The van der Waals surface area contributed by atoms with Gasteiger partial charge in [-0.2, -0.15) is 0 Å². The van der Waals surface area contributed by atoms with E-state index in [1.807, 2.05) is 0 Å². The summed E-state index contributed by atoms with van der Waals surface area (Å²) < 4.78 is 0. The Morgan fingerprint density at radius 2 is 0.850 bits per heavy atom. The van der Waals surface area contributed by atoms with Crippen LogP contribution in [0.4, 0.5) is 0 Å². The number of para-hydroxylation sites is 2. The topological polar surface area (TPSA) is 89.8 Å². The first-order chi connectivity index (χ1) is 19.7. The van der Waals surface area contributed by atoms with E-state index in [4.69, 9.17) is 0 Å². The van der Waals surface area contributed by atoms with Gasteiger partial charge in [0.25, 0.3) is 0 Å². The molecule has 2 aromatic heterocycles. The number of benzene rings is 2. The molecule has 1 aliphatic heterocycles. The van der Waals surface area contributed by atoms with Crippen LogP contribution in [0.1, 0.15) is 86.7 Å². The number of hydrogen-bond acceptors (Lipinski definition) is 2. The van der Waals surface area contributed by atoms with E-state index in [1.165, 1.54) is 82.8 Å². The number of carbonyl (C=O) groups is 2. The molecule has 2 amide bonds. The van der Waals surface area contributed by atoms with Crippen LogP contribution in [0.2, 0.25) is 0 Å². The average Bonchev–Trinajstić information content (AvgIpc) is 3.49. The number of carbonyl (C=O) groups excluding carboxylic acids is 2. The van der Waals surface area contributed by atoms with Crippen molar-refractivity contribution in [3.63, 3.8) is 0 Å². The van der Waals surface area contributed by atoms with Crippen molar-refractivity contribution >= 4 is 33.6 Å². The van der Waals surface area contributed by atoms with Crippen LogP contribution in [0.25, 0.3) is 21.8 Å². The van der Waals surface area contributed by atoms with Gasteiger partial charge in [-0.15, -0.1) is 0 Å². The molecule has 212 valence electrons. The number of aromatic nitrogens is 2. The summed E-state index contributed by atoms with van der Waals surface area (Å²) in [7, 11) is 0. The summed E-state index contributed by atoms with van der Waals surface area (Å²) in [5.74, 6) is 0.145. The molecule has 0 bridgehead atoms. The zero-order valence-corrected chi connectivity index (χ0v) is 23.7. The molecule has 4 N–H and O–H groups in total. The van der Waals surface area contributed by atoms with Gasteiger partial charge in [0, 0.05) is 59.1 Å². The van der Waals surface area contributed by atoms with Crippen molar-refractivity contribution in [3.05, 3.63) is 71.0 Å². The zero-order valence-electron chi connectivity index (χ0n) is 23.7. The second-order valence-electron chi connectivity index (χ2n) is 11.3. The van der Waals surface area contributed by atoms with E-state index in [0.29, 0.717) is 25.9 Å². The first-order valence-corrected chi connectivity index (χ1v) is 15.4. The van der Waals surface area contributed by atoms with E-state index in [2.05, 4.69) is 69.1 Å². The summed E-state index contributed by atoms with van der Waals surface area (Å²) in [6, 6.07) is 17.0. The van der Waals surface area contributed by atoms with Crippen molar-refractivity contribution < 1.29 is 9.59 Å². The Hall–Kier alpha value is -3.54. The Morgan fingerprint density at radius 3 is 1.32 bits per heavy atom. The lowest BCUT2D eigenvalue weighted by Gasteiger charge is -2.09. The number of rotatable bonds is 0. The molecule has 0 aliphatic carbocycles. The van der Waals surface area contributed by atoms with Gasteiger partial charge in [-0.1, -0.05) is 62.1 Å². The molecule has 0 unspecified atom stereocenters. The first-order valence-electron chi connectivity index (χ1n) is 15.4. The van der Waals surface area contributed by atoms with Crippen LogP contribution >= 0.6 is 0 Å². The monoisotopic (exact) mass is 540 g/mol. The summed E-state index contributed by atoms with van der Waals surface area (Å²) >= 11 is 0. The fourth-order valence-electron chi connectivity index (χ4n) is 6.22. The lowest BCUT2D eigenvalue weighted by molar-refractivity contribution is -0.123. The summed E-state index contributed by atoms with van der Waals surface area (Å²) in [6.45, 7) is 1.29. The SMILES string of the molecule is O=C1CCCCC(=O)NCCc2c([nH]c3ccccc23)CCCCCCCCc2[nH]c3ccccc3c2CCN1. The summed E-state index contributed by atoms with van der Waals surface area (Å²) in [5, 5.41) is 8.76. The third kappa shape index (κ3) is 7.35. The molecular weight excluding hydrogens is 496 g/mol. The molecule has 40 heavy (non-hydrogen) atoms. The zero-order chi connectivity index (χ0) is 27.6. The van der Waals surface area contributed by atoms with E-state index in [-0.39, 0.29) is 11.8 Å². The Bertz CT molecular complexity index is 1310. The summed E-state index contributed by atoms with van der Waals surface area (Å²) in [4.78, 5) is 32.2. The second kappa shape index (κ2) is 14.2. The van der Waals surface area contributed by atoms with Crippen LogP contribution in [-0.4, -0.2) is 34.9 Å².